The summed E-state index contributed by atoms with van der Waals surface area (Å²) in [4.78, 5) is 25.9. The molecule has 0 spiro atoms. The van der Waals surface area contributed by atoms with Crippen molar-refractivity contribution in [3.63, 3.8) is 0 Å². The van der Waals surface area contributed by atoms with E-state index >= 15 is 0 Å². The van der Waals surface area contributed by atoms with Crippen LogP contribution in [0, 0.1) is 0 Å². The molecule has 126 valence electrons. The molecule has 23 heavy (non-hydrogen) atoms. The van der Waals surface area contributed by atoms with Gasteiger partial charge in [0.25, 0.3) is 0 Å². The number of aryl methyl sites for hydroxylation is 1. The molecule has 0 bridgehead atoms. The van der Waals surface area contributed by atoms with E-state index in [1.807, 2.05) is 24.3 Å². The Bertz CT molecular complexity index is 536. The molecule has 4 nitrogen and oxygen atoms in total. The number of hydrogen-bond donors (Lipinski definition) is 1. The maximum Gasteiger partial charge on any atom is 0.223 e. The van der Waals surface area contributed by atoms with Crippen LogP contribution in [0.5, 0.6) is 0 Å². The molecule has 2 amide bonds. The lowest BCUT2D eigenvalue weighted by Gasteiger charge is -2.25. The van der Waals surface area contributed by atoms with Crippen molar-refractivity contribution in [1.82, 2.24) is 5.32 Å². The van der Waals surface area contributed by atoms with Crippen LogP contribution in [0.25, 0.3) is 0 Å². The molecule has 0 radical (unpaired) electrons. The maximum atomic E-state index is 12.2. The van der Waals surface area contributed by atoms with E-state index < -0.39 is 0 Å². The zero-order valence-corrected chi connectivity index (χ0v) is 14.3. The fourth-order valence-corrected chi connectivity index (χ4v) is 3.28. The Hall–Kier alpha value is -1.84. The Morgan fingerprint density at radius 2 is 1.87 bits per heavy atom. The van der Waals surface area contributed by atoms with Gasteiger partial charge < -0.3 is 10.2 Å². The third-order valence-electron chi connectivity index (χ3n) is 4.58. The number of hydrogen-bond acceptors (Lipinski definition) is 2. The van der Waals surface area contributed by atoms with Gasteiger partial charge in [0.05, 0.1) is 0 Å². The second kappa shape index (κ2) is 8.70. The van der Waals surface area contributed by atoms with Crippen LogP contribution in [0.15, 0.2) is 24.3 Å². The number of rotatable bonds is 6. The van der Waals surface area contributed by atoms with E-state index in [-0.39, 0.29) is 11.8 Å². The Morgan fingerprint density at radius 1 is 1.17 bits per heavy atom. The molecule has 1 aliphatic carbocycles. The van der Waals surface area contributed by atoms with Gasteiger partial charge in [-0.2, -0.15) is 0 Å². The number of para-hydroxylation sites is 1. The molecule has 1 saturated carbocycles. The summed E-state index contributed by atoms with van der Waals surface area (Å²) >= 11 is 0. The highest BCUT2D eigenvalue weighted by Gasteiger charge is 2.18. The van der Waals surface area contributed by atoms with Crippen LogP contribution in [-0.4, -0.2) is 24.4 Å². The SMILES string of the molecule is CCc1ccccc1N(CCC(=O)NC1CCCCC1)C(C)=O. The van der Waals surface area contributed by atoms with E-state index in [0.29, 0.717) is 19.0 Å². The van der Waals surface area contributed by atoms with Gasteiger partial charge in [0, 0.05) is 31.6 Å². The van der Waals surface area contributed by atoms with Crippen LogP contribution in [0.1, 0.15) is 57.9 Å². The van der Waals surface area contributed by atoms with Gasteiger partial charge in [0.15, 0.2) is 0 Å². The molecule has 0 atom stereocenters. The van der Waals surface area contributed by atoms with Gasteiger partial charge in [-0.3, -0.25) is 9.59 Å². The quantitative estimate of drug-likeness (QED) is 0.874. The Balaban J connectivity index is 1.94. The molecule has 1 N–H and O–H groups in total. The van der Waals surface area contributed by atoms with E-state index in [0.717, 1.165) is 30.5 Å². The van der Waals surface area contributed by atoms with Crippen LogP contribution in [0.4, 0.5) is 5.69 Å². The fraction of sp³-hybridized carbons (Fsp3) is 0.579. The molecule has 2 rings (SSSR count). The number of carbonyl (C=O) groups excluding carboxylic acids is 2. The molecule has 1 aromatic rings. The second-order valence-electron chi connectivity index (χ2n) is 6.31. The lowest BCUT2D eigenvalue weighted by atomic mass is 9.95. The number of carbonyl (C=O) groups is 2. The van der Waals surface area contributed by atoms with Crippen LogP contribution in [0.2, 0.25) is 0 Å². The monoisotopic (exact) mass is 316 g/mol. The van der Waals surface area contributed by atoms with E-state index in [1.165, 1.54) is 19.3 Å². The molecule has 0 saturated heterocycles. The normalized spacial score (nSPS) is 15.2. The zero-order chi connectivity index (χ0) is 16.7. The van der Waals surface area contributed by atoms with Crippen molar-refractivity contribution >= 4 is 17.5 Å². The van der Waals surface area contributed by atoms with Crippen molar-refractivity contribution in [3.8, 4) is 0 Å². The molecule has 0 unspecified atom stereocenters. The first kappa shape index (κ1) is 17.5. The van der Waals surface area contributed by atoms with Crippen molar-refractivity contribution in [3.05, 3.63) is 29.8 Å². The Kier molecular flexibility index (Phi) is 6.63. The van der Waals surface area contributed by atoms with Gasteiger partial charge >= 0.3 is 0 Å². The summed E-state index contributed by atoms with van der Waals surface area (Å²) in [5.74, 6) is 0.0356. The molecule has 1 aromatic carbocycles. The summed E-state index contributed by atoms with van der Waals surface area (Å²) < 4.78 is 0. The van der Waals surface area contributed by atoms with Crippen LogP contribution < -0.4 is 10.2 Å². The average Bonchev–Trinajstić information content (AvgIpc) is 2.56. The lowest BCUT2D eigenvalue weighted by molar-refractivity contribution is -0.121. The molecule has 1 aliphatic rings. The molecule has 1 fully saturated rings. The first-order chi connectivity index (χ1) is 11.1. The minimum absolute atomic E-state index is 0.0173. The third kappa shape index (κ3) is 5.08. The first-order valence-electron chi connectivity index (χ1n) is 8.77. The summed E-state index contributed by atoms with van der Waals surface area (Å²) in [6.45, 7) is 4.07. The summed E-state index contributed by atoms with van der Waals surface area (Å²) in [5.41, 5.74) is 2.06. The van der Waals surface area contributed by atoms with Crippen molar-refractivity contribution in [2.45, 2.75) is 64.8 Å². The molecular formula is C19H28N2O2. The predicted molar refractivity (Wildman–Crippen MR) is 93.5 cm³/mol. The lowest BCUT2D eigenvalue weighted by Crippen LogP contribution is -2.39. The van der Waals surface area contributed by atoms with Gasteiger partial charge in [0.2, 0.25) is 11.8 Å². The summed E-state index contributed by atoms with van der Waals surface area (Å²) in [5, 5.41) is 3.12. The van der Waals surface area contributed by atoms with Crippen molar-refractivity contribution in [2.75, 3.05) is 11.4 Å². The Morgan fingerprint density at radius 3 is 2.52 bits per heavy atom. The van der Waals surface area contributed by atoms with Gasteiger partial charge in [0.1, 0.15) is 0 Å². The number of benzene rings is 1. The van der Waals surface area contributed by atoms with Crippen LogP contribution >= 0.6 is 0 Å². The minimum Gasteiger partial charge on any atom is -0.353 e. The molecule has 0 aliphatic heterocycles. The first-order valence-corrected chi connectivity index (χ1v) is 8.77. The standard InChI is InChI=1S/C19H28N2O2/c1-3-16-9-7-8-12-18(16)21(15(2)22)14-13-19(23)20-17-10-5-4-6-11-17/h7-9,12,17H,3-6,10-11,13-14H2,1-2H3,(H,20,23). The third-order valence-corrected chi connectivity index (χ3v) is 4.58. The molecule has 4 heteroatoms. The van der Waals surface area contributed by atoms with E-state index in [9.17, 15) is 9.59 Å². The van der Waals surface area contributed by atoms with Crippen molar-refractivity contribution in [2.24, 2.45) is 0 Å². The molecule has 0 heterocycles. The van der Waals surface area contributed by atoms with E-state index in [1.54, 1.807) is 11.8 Å². The van der Waals surface area contributed by atoms with Gasteiger partial charge in [-0.1, -0.05) is 44.4 Å². The largest absolute Gasteiger partial charge is 0.353 e. The average molecular weight is 316 g/mol. The van der Waals surface area contributed by atoms with Gasteiger partial charge in [-0.05, 0) is 30.9 Å². The van der Waals surface area contributed by atoms with Crippen LogP contribution in [-0.2, 0) is 16.0 Å². The molecule has 0 aromatic heterocycles. The summed E-state index contributed by atoms with van der Waals surface area (Å²) in [6.07, 6.45) is 7.07. The summed E-state index contributed by atoms with van der Waals surface area (Å²) in [6, 6.07) is 8.24. The number of nitrogens with one attached hydrogen (secondary N) is 1. The summed E-state index contributed by atoms with van der Waals surface area (Å²) in [7, 11) is 0. The van der Waals surface area contributed by atoms with Crippen LogP contribution in [0.3, 0.4) is 0 Å². The number of nitrogens with zero attached hydrogens (tertiary/aromatic N) is 1. The highest BCUT2D eigenvalue weighted by molar-refractivity contribution is 5.93. The highest BCUT2D eigenvalue weighted by Crippen LogP contribution is 2.22. The smallest absolute Gasteiger partial charge is 0.223 e. The van der Waals surface area contributed by atoms with E-state index in [4.69, 9.17) is 0 Å². The highest BCUT2D eigenvalue weighted by atomic mass is 16.2. The maximum absolute atomic E-state index is 12.2. The topological polar surface area (TPSA) is 49.4 Å². The van der Waals surface area contributed by atoms with Gasteiger partial charge in [-0.15, -0.1) is 0 Å². The van der Waals surface area contributed by atoms with Gasteiger partial charge in [-0.25, -0.2) is 0 Å². The second-order valence-corrected chi connectivity index (χ2v) is 6.31. The van der Waals surface area contributed by atoms with E-state index in [2.05, 4.69) is 12.2 Å². The number of anilines is 1. The van der Waals surface area contributed by atoms with Crippen molar-refractivity contribution < 1.29 is 9.59 Å². The predicted octanol–water partition coefficient (Wildman–Crippen LogP) is 3.44. The van der Waals surface area contributed by atoms with Crippen molar-refractivity contribution in [1.29, 1.82) is 0 Å². The minimum atomic E-state index is -0.0173. The number of amides is 2. The molecular weight excluding hydrogens is 288 g/mol. The Labute approximate surface area is 139 Å². The fourth-order valence-electron chi connectivity index (χ4n) is 3.28. The zero-order valence-electron chi connectivity index (χ0n) is 14.3.